The highest BCUT2D eigenvalue weighted by Gasteiger charge is 2.22. The molecule has 4 N–H and O–H groups in total. The van der Waals surface area contributed by atoms with Gasteiger partial charge in [0.15, 0.2) is 0 Å². The highest BCUT2D eigenvalue weighted by atomic mass is 32.3. The maximum atomic E-state index is 11.2. The number of nitrogens with two attached hydrogens (primary N) is 2. The van der Waals surface area contributed by atoms with Gasteiger partial charge in [-0.15, -0.1) is 11.7 Å². The Morgan fingerprint density at radius 3 is 1.62 bits per heavy atom. The van der Waals surface area contributed by atoms with Crippen LogP contribution >= 0.6 is 11.2 Å². The van der Waals surface area contributed by atoms with E-state index < -0.39 is 23.1 Å². The standard InChI is InChI=1S/C2H7F3N2S/c3-8(4,5)1-2(6)7/h2H,1,6-7H2. The lowest BCUT2D eigenvalue weighted by atomic mass is 10.7. The molecule has 8 heavy (non-hydrogen) atoms. The van der Waals surface area contributed by atoms with Crippen LogP contribution in [-0.4, -0.2) is 11.9 Å². The van der Waals surface area contributed by atoms with Crippen molar-refractivity contribution in [1.82, 2.24) is 0 Å². The van der Waals surface area contributed by atoms with Crippen LogP contribution in [0.1, 0.15) is 0 Å². The second kappa shape index (κ2) is 2.56. The molecule has 6 heteroatoms. The lowest BCUT2D eigenvalue weighted by Crippen LogP contribution is -2.34. The summed E-state index contributed by atoms with van der Waals surface area (Å²) >= 11 is -4.97. The van der Waals surface area contributed by atoms with E-state index in [2.05, 4.69) is 11.5 Å². The monoisotopic (exact) mass is 148 g/mol. The zero-order valence-electron chi connectivity index (χ0n) is 3.98. The predicted molar refractivity (Wildman–Crippen MR) is 27.9 cm³/mol. The second-order valence-corrected chi connectivity index (χ2v) is 2.67. The molecule has 0 saturated heterocycles. The van der Waals surface area contributed by atoms with Gasteiger partial charge in [-0.1, -0.05) is 0 Å². The van der Waals surface area contributed by atoms with E-state index >= 15 is 0 Å². The van der Waals surface area contributed by atoms with Crippen LogP contribution in [0.5, 0.6) is 0 Å². The molecule has 0 aliphatic carbocycles. The zero-order chi connectivity index (χ0) is 6.78. The van der Waals surface area contributed by atoms with Gasteiger partial charge in [-0.05, 0) is 0 Å². The molecule has 0 heterocycles. The fourth-order valence-electron chi connectivity index (χ4n) is 0.218. The largest absolute Gasteiger partial charge is 0.315 e. The summed E-state index contributed by atoms with van der Waals surface area (Å²) in [6.07, 6.45) is -1.25. The molecule has 0 rings (SSSR count). The van der Waals surface area contributed by atoms with Crippen LogP contribution in [-0.2, 0) is 0 Å². The number of hydrogen-bond acceptors (Lipinski definition) is 2. The molecule has 0 aromatic rings. The van der Waals surface area contributed by atoms with Crippen molar-refractivity contribution in [2.24, 2.45) is 11.5 Å². The number of hydrogen-bond donors (Lipinski definition) is 2. The van der Waals surface area contributed by atoms with Gasteiger partial charge in [0, 0.05) is 0 Å². The first-order chi connectivity index (χ1) is 3.42. The van der Waals surface area contributed by atoms with Crippen molar-refractivity contribution >= 4 is 11.2 Å². The van der Waals surface area contributed by atoms with Gasteiger partial charge in [-0.25, -0.2) is 0 Å². The Morgan fingerprint density at radius 1 is 1.25 bits per heavy atom. The molecule has 0 radical (unpaired) electrons. The lowest BCUT2D eigenvalue weighted by molar-refractivity contribution is 0.613. The molecule has 0 saturated carbocycles. The summed E-state index contributed by atoms with van der Waals surface area (Å²) in [6.45, 7) is 0. The van der Waals surface area contributed by atoms with Crippen molar-refractivity contribution in [2.45, 2.75) is 6.17 Å². The van der Waals surface area contributed by atoms with Crippen LogP contribution in [0, 0.1) is 0 Å². The Hall–Kier alpha value is 0.0600. The summed E-state index contributed by atoms with van der Waals surface area (Å²) in [5.74, 6) is -1.03. The van der Waals surface area contributed by atoms with Crippen LogP contribution in [0.2, 0.25) is 0 Å². The predicted octanol–water partition coefficient (Wildman–Crippen LogP) is 0.688. The molecule has 0 spiro atoms. The zero-order valence-corrected chi connectivity index (χ0v) is 4.80. The van der Waals surface area contributed by atoms with Crippen molar-refractivity contribution in [2.75, 3.05) is 5.75 Å². The third kappa shape index (κ3) is 6.06. The van der Waals surface area contributed by atoms with Gasteiger partial charge in [0.05, 0.1) is 11.9 Å². The molecule has 0 unspecified atom stereocenters. The first-order valence-electron chi connectivity index (χ1n) is 1.83. The third-order valence-electron chi connectivity index (χ3n) is 0.381. The van der Waals surface area contributed by atoms with Crippen LogP contribution in [0.25, 0.3) is 0 Å². The highest BCUT2D eigenvalue weighted by Crippen LogP contribution is 2.52. The summed E-state index contributed by atoms with van der Waals surface area (Å²) in [7, 11) is 0. The molecule has 0 aliphatic rings. The fraction of sp³-hybridized carbons (Fsp3) is 1.00. The van der Waals surface area contributed by atoms with Crippen molar-refractivity contribution in [3.8, 4) is 0 Å². The maximum Gasteiger partial charge on any atom is 0.211 e. The van der Waals surface area contributed by atoms with Gasteiger partial charge in [0.25, 0.3) is 0 Å². The smallest absolute Gasteiger partial charge is 0.211 e. The van der Waals surface area contributed by atoms with Crippen molar-refractivity contribution in [1.29, 1.82) is 0 Å². The van der Waals surface area contributed by atoms with Crippen molar-refractivity contribution in [3.63, 3.8) is 0 Å². The van der Waals surface area contributed by atoms with E-state index in [4.69, 9.17) is 0 Å². The van der Waals surface area contributed by atoms with Crippen molar-refractivity contribution < 1.29 is 11.7 Å². The molecule has 0 aliphatic heterocycles. The molecule has 52 valence electrons. The van der Waals surface area contributed by atoms with E-state index in [-0.39, 0.29) is 0 Å². The third-order valence-corrected chi connectivity index (χ3v) is 1.14. The number of rotatable bonds is 2. The molecular weight excluding hydrogens is 141 g/mol. The Bertz CT molecular complexity index is 70.2. The maximum absolute atomic E-state index is 11.2. The Balaban J connectivity index is 3.39. The summed E-state index contributed by atoms with van der Waals surface area (Å²) in [5, 5.41) is 0. The van der Waals surface area contributed by atoms with Gasteiger partial charge in [0.1, 0.15) is 0 Å². The molecule has 2 nitrogen and oxygen atoms in total. The normalized spacial score (nSPS) is 14.8. The fourth-order valence-corrected chi connectivity index (χ4v) is 0.655. The molecule has 0 fully saturated rings. The summed E-state index contributed by atoms with van der Waals surface area (Å²) in [4.78, 5) is 0. The van der Waals surface area contributed by atoms with Gasteiger partial charge in [-0.2, -0.15) is 0 Å². The Morgan fingerprint density at radius 2 is 1.62 bits per heavy atom. The average molecular weight is 148 g/mol. The molecule has 0 amide bonds. The van der Waals surface area contributed by atoms with Crippen LogP contribution in [0.4, 0.5) is 11.7 Å². The van der Waals surface area contributed by atoms with Gasteiger partial charge in [0.2, 0.25) is 11.2 Å². The molecule has 0 aromatic heterocycles. The molecule has 0 atom stereocenters. The average Bonchev–Trinajstić information content (AvgIpc) is 1.21. The summed E-state index contributed by atoms with van der Waals surface area (Å²) < 4.78 is 33.7. The highest BCUT2D eigenvalue weighted by molar-refractivity contribution is 8.20. The Labute approximate surface area is 47.2 Å². The summed E-state index contributed by atoms with van der Waals surface area (Å²) in [5.41, 5.74) is 9.31. The van der Waals surface area contributed by atoms with Crippen LogP contribution in [0.3, 0.4) is 0 Å². The van der Waals surface area contributed by atoms with E-state index in [0.29, 0.717) is 0 Å². The minimum Gasteiger partial charge on any atom is -0.315 e. The minimum atomic E-state index is -4.97. The lowest BCUT2D eigenvalue weighted by Gasteiger charge is -2.10. The first-order valence-corrected chi connectivity index (χ1v) is 3.33. The van der Waals surface area contributed by atoms with E-state index in [0.717, 1.165) is 0 Å². The van der Waals surface area contributed by atoms with Crippen LogP contribution in [0.15, 0.2) is 0 Å². The quantitative estimate of drug-likeness (QED) is 0.566. The topological polar surface area (TPSA) is 52.0 Å². The van der Waals surface area contributed by atoms with E-state index in [9.17, 15) is 11.7 Å². The van der Waals surface area contributed by atoms with Crippen LogP contribution < -0.4 is 11.5 Å². The first kappa shape index (κ1) is 8.06. The number of halogens is 3. The van der Waals surface area contributed by atoms with Gasteiger partial charge < -0.3 is 11.5 Å². The van der Waals surface area contributed by atoms with Gasteiger partial charge >= 0.3 is 0 Å². The summed E-state index contributed by atoms with van der Waals surface area (Å²) in [6, 6.07) is 0. The molecule has 0 aromatic carbocycles. The van der Waals surface area contributed by atoms with Crippen molar-refractivity contribution in [3.05, 3.63) is 0 Å². The SMILES string of the molecule is NC(N)CS(F)(F)F. The van der Waals surface area contributed by atoms with Gasteiger partial charge in [-0.3, -0.25) is 0 Å². The van der Waals surface area contributed by atoms with E-state index in [1.807, 2.05) is 0 Å². The minimum absolute atomic E-state index is 1.03. The molecule has 0 bridgehead atoms. The Kier molecular flexibility index (Phi) is 2.58. The van der Waals surface area contributed by atoms with E-state index in [1.165, 1.54) is 0 Å². The van der Waals surface area contributed by atoms with E-state index in [1.54, 1.807) is 0 Å². The second-order valence-electron chi connectivity index (χ2n) is 1.33. The molecular formula is C2H7F3N2S.